The summed E-state index contributed by atoms with van der Waals surface area (Å²) >= 11 is 0. The highest BCUT2D eigenvalue weighted by Gasteiger charge is 2.20. The second kappa shape index (κ2) is 8.46. The van der Waals surface area contributed by atoms with Gasteiger partial charge in [0.25, 0.3) is 0 Å². The molecule has 0 atom stereocenters. The number of nitrogens with one attached hydrogen (secondary N) is 2. The smallest absolute Gasteiger partial charge is 0.317 e. The zero-order valence-corrected chi connectivity index (χ0v) is 14.2. The van der Waals surface area contributed by atoms with Crippen LogP contribution in [0.3, 0.4) is 0 Å². The van der Waals surface area contributed by atoms with Gasteiger partial charge in [-0.3, -0.25) is 9.69 Å². The third-order valence-electron chi connectivity index (χ3n) is 4.96. The van der Waals surface area contributed by atoms with E-state index in [4.69, 9.17) is 5.11 Å². The Morgan fingerprint density at radius 2 is 1.79 bits per heavy atom. The molecular weight excluding hydrogens is 304 g/mol. The molecule has 0 spiro atoms. The molecule has 0 radical (unpaired) electrons. The van der Waals surface area contributed by atoms with Gasteiger partial charge in [0.05, 0.1) is 6.54 Å². The highest BCUT2D eigenvalue weighted by Crippen LogP contribution is 2.16. The Morgan fingerprint density at radius 3 is 2.42 bits per heavy atom. The van der Waals surface area contributed by atoms with Gasteiger partial charge in [-0.15, -0.1) is 0 Å². The fraction of sp³-hybridized carbons (Fsp3) is 0.611. The predicted molar refractivity (Wildman–Crippen MR) is 95.5 cm³/mol. The maximum atomic E-state index is 10.7. The molecule has 24 heavy (non-hydrogen) atoms. The van der Waals surface area contributed by atoms with Gasteiger partial charge in [-0.25, -0.2) is 0 Å². The number of rotatable bonds is 6. The number of hydrogen-bond acceptors (Lipinski definition) is 5. The molecule has 0 amide bonds. The topological polar surface area (TPSA) is 67.8 Å². The average molecular weight is 332 g/mol. The van der Waals surface area contributed by atoms with Gasteiger partial charge in [0.2, 0.25) is 0 Å². The summed E-state index contributed by atoms with van der Waals surface area (Å²) in [6, 6.07) is 9.35. The van der Waals surface area contributed by atoms with Gasteiger partial charge in [0, 0.05) is 57.5 Å². The number of benzene rings is 1. The van der Waals surface area contributed by atoms with Gasteiger partial charge in [-0.1, -0.05) is 12.1 Å². The Hall–Kier alpha value is -1.63. The van der Waals surface area contributed by atoms with Crippen LogP contribution in [0.4, 0.5) is 5.69 Å². The van der Waals surface area contributed by atoms with E-state index < -0.39 is 5.97 Å². The normalized spacial score (nSPS) is 20.2. The number of anilines is 1. The second-order valence-electron chi connectivity index (χ2n) is 6.73. The van der Waals surface area contributed by atoms with E-state index in [-0.39, 0.29) is 6.54 Å². The molecule has 0 saturated carbocycles. The molecule has 132 valence electrons. The minimum Gasteiger partial charge on any atom is -0.480 e. The molecule has 2 heterocycles. The van der Waals surface area contributed by atoms with Crippen LogP contribution in [0.1, 0.15) is 18.4 Å². The van der Waals surface area contributed by atoms with Crippen molar-refractivity contribution in [2.75, 3.05) is 50.7 Å². The Morgan fingerprint density at radius 1 is 1.12 bits per heavy atom. The number of carbonyl (C=O) groups is 1. The number of piperazine rings is 1. The zero-order valence-electron chi connectivity index (χ0n) is 14.2. The summed E-state index contributed by atoms with van der Waals surface area (Å²) in [4.78, 5) is 15.2. The molecule has 0 unspecified atom stereocenters. The first kappa shape index (κ1) is 17.2. The summed E-state index contributed by atoms with van der Waals surface area (Å²) in [7, 11) is 0. The monoisotopic (exact) mass is 332 g/mol. The van der Waals surface area contributed by atoms with Crippen LogP contribution in [0.15, 0.2) is 24.3 Å². The average Bonchev–Trinajstić information content (AvgIpc) is 2.62. The van der Waals surface area contributed by atoms with Gasteiger partial charge < -0.3 is 20.6 Å². The Labute approximate surface area is 143 Å². The van der Waals surface area contributed by atoms with Crippen molar-refractivity contribution in [1.29, 1.82) is 0 Å². The van der Waals surface area contributed by atoms with E-state index in [1.54, 1.807) is 0 Å². The van der Waals surface area contributed by atoms with Gasteiger partial charge in [-0.2, -0.15) is 0 Å². The van der Waals surface area contributed by atoms with Crippen molar-refractivity contribution in [3.8, 4) is 0 Å². The van der Waals surface area contributed by atoms with Crippen LogP contribution in [0.5, 0.6) is 0 Å². The molecule has 2 aliphatic rings. The first-order valence-electron chi connectivity index (χ1n) is 8.93. The van der Waals surface area contributed by atoms with Crippen LogP contribution in [0.2, 0.25) is 0 Å². The number of nitrogens with zero attached hydrogens (tertiary/aromatic N) is 2. The van der Waals surface area contributed by atoms with Crippen LogP contribution in [-0.4, -0.2) is 67.8 Å². The van der Waals surface area contributed by atoms with Crippen molar-refractivity contribution < 1.29 is 9.90 Å². The number of carboxylic acid groups (broad SMARTS) is 1. The molecule has 2 aliphatic heterocycles. The van der Waals surface area contributed by atoms with Crippen molar-refractivity contribution in [3.05, 3.63) is 29.8 Å². The van der Waals surface area contributed by atoms with E-state index in [1.807, 2.05) is 4.90 Å². The molecular formula is C18H28N4O2. The molecule has 6 heteroatoms. The maximum Gasteiger partial charge on any atom is 0.317 e. The maximum absolute atomic E-state index is 10.7. The molecule has 1 aromatic carbocycles. The van der Waals surface area contributed by atoms with E-state index in [1.165, 1.54) is 11.3 Å². The summed E-state index contributed by atoms with van der Waals surface area (Å²) < 4.78 is 0. The number of piperidine rings is 1. The fourth-order valence-electron chi connectivity index (χ4n) is 3.50. The summed E-state index contributed by atoms with van der Waals surface area (Å²) in [6.07, 6.45) is 2.04. The number of carboxylic acids is 1. The number of hydrogen-bond donors (Lipinski definition) is 3. The summed E-state index contributed by atoms with van der Waals surface area (Å²) in [5, 5.41) is 15.8. The van der Waals surface area contributed by atoms with Crippen molar-refractivity contribution in [2.24, 2.45) is 0 Å². The van der Waals surface area contributed by atoms with Crippen molar-refractivity contribution in [1.82, 2.24) is 15.5 Å². The Balaban J connectivity index is 1.41. The summed E-state index contributed by atoms with van der Waals surface area (Å²) in [5.74, 6) is -0.731. The third kappa shape index (κ3) is 4.93. The molecule has 2 fully saturated rings. The number of aliphatic carboxylic acids is 1. The van der Waals surface area contributed by atoms with Gasteiger partial charge in [0.15, 0.2) is 0 Å². The molecule has 1 aromatic rings. The zero-order chi connectivity index (χ0) is 16.8. The highest BCUT2D eigenvalue weighted by atomic mass is 16.4. The van der Waals surface area contributed by atoms with Gasteiger partial charge >= 0.3 is 5.97 Å². The van der Waals surface area contributed by atoms with E-state index in [2.05, 4.69) is 39.8 Å². The third-order valence-corrected chi connectivity index (χ3v) is 4.96. The molecule has 0 aromatic heterocycles. The van der Waals surface area contributed by atoms with E-state index in [0.29, 0.717) is 6.04 Å². The summed E-state index contributed by atoms with van der Waals surface area (Å²) in [5.41, 5.74) is 2.61. The van der Waals surface area contributed by atoms with Crippen LogP contribution >= 0.6 is 0 Å². The molecule has 0 aliphatic carbocycles. The molecule has 6 nitrogen and oxygen atoms in total. The van der Waals surface area contributed by atoms with Crippen LogP contribution < -0.4 is 15.5 Å². The lowest BCUT2D eigenvalue weighted by atomic mass is 10.0. The minimum absolute atomic E-state index is 0.167. The van der Waals surface area contributed by atoms with Crippen molar-refractivity contribution in [3.63, 3.8) is 0 Å². The fourth-order valence-corrected chi connectivity index (χ4v) is 3.50. The molecule has 3 rings (SSSR count). The highest BCUT2D eigenvalue weighted by molar-refractivity contribution is 5.69. The molecule has 3 N–H and O–H groups in total. The van der Waals surface area contributed by atoms with E-state index in [0.717, 1.165) is 58.7 Å². The van der Waals surface area contributed by atoms with Crippen molar-refractivity contribution >= 4 is 11.7 Å². The Kier molecular flexibility index (Phi) is 6.07. The van der Waals surface area contributed by atoms with E-state index >= 15 is 0 Å². The second-order valence-corrected chi connectivity index (χ2v) is 6.73. The SMILES string of the molecule is O=C(O)CN1CCC(NCc2ccc(N3CCNCC3)cc2)CC1. The lowest BCUT2D eigenvalue weighted by Crippen LogP contribution is -2.44. The minimum atomic E-state index is -0.731. The Bertz CT molecular complexity index is 520. The largest absolute Gasteiger partial charge is 0.480 e. The first-order chi connectivity index (χ1) is 11.7. The van der Waals surface area contributed by atoms with E-state index in [9.17, 15) is 4.79 Å². The van der Waals surface area contributed by atoms with Crippen LogP contribution in [-0.2, 0) is 11.3 Å². The van der Waals surface area contributed by atoms with Crippen molar-refractivity contribution in [2.45, 2.75) is 25.4 Å². The quantitative estimate of drug-likeness (QED) is 0.714. The van der Waals surface area contributed by atoms with Crippen LogP contribution in [0.25, 0.3) is 0 Å². The summed E-state index contributed by atoms with van der Waals surface area (Å²) in [6.45, 7) is 7.05. The molecule has 0 bridgehead atoms. The van der Waals surface area contributed by atoms with Gasteiger partial charge in [-0.05, 0) is 30.5 Å². The predicted octanol–water partition coefficient (Wildman–Crippen LogP) is 0.735. The standard InChI is InChI=1S/C18H28N4O2/c23-18(24)14-21-9-5-16(6-10-21)20-13-15-1-3-17(4-2-15)22-11-7-19-8-12-22/h1-4,16,19-20H,5-14H2,(H,23,24). The lowest BCUT2D eigenvalue weighted by molar-refractivity contribution is -0.138. The molecule has 2 saturated heterocycles. The number of likely N-dealkylation sites (tertiary alicyclic amines) is 1. The van der Waals surface area contributed by atoms with Crippen LogP contribution in [0, 0.1) is 0 Å². The van der Waals surface area contributed by atoms with Gasteiger partial charge in [0.1, 0.15) is 0 Å². The first-order valence-corrected chi connectivity index (χ1v) is 8.93. The lowest BCUT2D eigenvalue weighted by Gasteiger charge is -2.31.